The third kappa shape index (κ3) is 4.57. The van der Waals surface area contributed by atoms with Crippen LogP contribution in [-0.4, -0.2) is 16.3 Å². The molecule has 20 heavy (non-hydrogen) atoms. The van der Waals surface area contributed by atoms with Crippen molar-refractivity contribution in [3.63, 3.8) is 0 Å². The van der Waals surface area contributed by atoms with Crippen LogP contribution in [0.15, 0.2) is 29.7 Å². The van der Waals surface area contributed by atoms with Crippen LogP contribution in [0.25, 0.3) is 0 Å². The van der Waals surface area contributed by atoms with Crippen LogP contribution in [0.2, 0.25) is 10.3 Å². The Morgan fingerprint density at radius 3 is 2.25 bits per heavy atom. The summed E-state index contributed by atoms with van der Waals surface area (Å²) in [7, 11) is 0. The largest absolute Gasteiger partial charge is 0.572 e. The van der Waals surface area contributed by atoms with Gasteiger partial charge in [-0.25, -0.2) is 9.97 Å². The van der Waals surface area contributed by atoms with Gasteiger partial charge in [0, 0.05) is 18.2 Å². The molecule has 2 rings (SSSR count). The fourth-order valence-electron chi connectivity index (χ4n) is 1.55. The van der Waals surface area contributed by atoms with Crippen molar-refractivity contribution in [3.05, 3.63) is 40.0 Å². The summed E-state index contributed by atoms with van der Waals surface area (Å²) in [5, 5.41) is 3.17. The topological polar surface area (TPSA) is 47.0 Å². The summed E-state index contributed by atoms with van der Waals surface area (Å²) in [4.78, 5) is 7.79. The number of hydrogen-bond acceptors (Lipinski definition) is 4. The molecule has 0 unspecified atom stereocenters. The fourth-order valence-corrected chi connectivity index (χ4v) is 1.97. The van der Waals surface area contributed by atoms with Crippen molar-refractivity contribution in [2.24, 2.45) is 0 Å². The van der Waals surface area contributed by atoms with Crippen LogP contribution in [-0.2, 0) is 4.74 Å². The first-order valence-corrected chi connectivity index (χ1v) is 6.20. The standard InChI is InChI=1S/C11H8Cl2F3N3O/c12-8-5-9(13)19-10(18-8)17-6-1-3-7(4-2-6)20-11(14,15)16/h1,3,5H,2,4H2,(H,17,18,19). The van der Waals surface area contributed by atoms with E-state index in [2.05, 4.69) is 20.0 Å². The highest BCUT2D eigenvalue weighted by Crippen LogP contribution is 2.27. The molecule has 1 aromatic heterocycles. The molecule has 1 N–H and O–H groups in total. The maximum absolute atomic E-state index is 12.0. The van der Waals surface area contributed by atoms with Gasteiger partial charge in [-0.15, -0.1) is 13.2 Å². The molecular formula is C11H8Cl2F3N3O. The van der Waals surface area contributed by atoms with Crippen molar-refractivity contribution in [1.82, 2.24) is 9.97 Å². The Balaban J connectivity index is 2.05. The van der Waals surface area contributed by atoms with Gasteiger partial charge in [-0.1, -0.05) is 23.2 Å². The van der Waals surface area contributed by atoms with Gasteiger partial charge in [0.15, 0.2) is 0 Å². The molecule has 0 spiro atoms. The number of nitrogens with one attached hydrogen (secondary N) is 1. The zero-order valence-corrected chi connectivity index (χ0v) is 11.4. The molecule has 1 heterocycles. The molecule has 0 fully saturated rings. The second-order valence-corrected chi connectivity index (χ2v) is 4.61. The molecule has 9 heteroatoms. The smallest absolute Gasteiger partial charge is 0.410 e. The summed E-state index contributed by atoms with van der Waals surface area (Å²) in [5.41, 5.74) is 0.637. The van der Waals surface area contributed by atoms with E-state index < -0.39 is 6.36 Å². The third-order valence-corrected chi connectivity index (χ3v) is 2.68. The van der Waals surface area contributed by atoms with Crippen molar-refractivity contribution in [3.8, 4) is 0 Å². The van der Waals surface area contributed by atoms with Gasteiger partial charge in [0.1, 0.15) is 16.1 Å². The summed E-state index contributed by atoms with van der Waals surface area (Å²) < 4.78 is 39.9. The van der Waals surface area contributed by atoms with Crippen molar-refractivity contribution < 1.29 is 17.9 Å². The fraction of sp³-hybridized carbons (Fsp3) is 0.273. The maximum atomic E-state index is 12.0. The van der Waals surface area contributed by atoms with E-state index in [-0.39, 0.29) is 28.4 Å². The lowest BCUT2D eigenvalue weighted by Gasteiger charge is -2.17. The predicted octanol–water partition coefficient (Wildman–Crippen LogP) is 4.29. The summed E-state index contributed by atoms with van der Waals surface area (Å²) in [5.74, 6) is 0.0374. The van der Waals surface area contributed by atoms with Gasteiger partial charge >= 0.3 is 6.36 Å². The number of allylic oxidation sites excluding steroid dienone is 4. The predicted molar refractivity (Wildman–Crippen MR) is 68.2 cm³/mol. The van der Waals surface area contributed by atoms with Crippen LogP contribution in [0, 0.1) is 0 Å². The highest BCUT2D eigenvalue weighted by Gasteiger charge is 2.32. The zero-order chi connectivity index (χ0) is 14.8. The van der Waals surface area contributed by atoms with Crippen molar-refractivity contribution >= 4 is 29.2 Å². The third-order valence-electron chi connectivity index (χ3n) is 2.29. The van der Waals surface area contributed by atoms with Crippen LogP contribution in [0.3, 0.4) is 0 Å². The molecule has 0 aliphatic heterocycles. The van der Waals surface area contributed by atoms with E-state index in [1.807, 2.05) is 0 Å². The monoisotopic (exact) mass is 325 g/mol. The molecule has 1 aromatic rings. The lowest BCUT2D eigenvalue weighted by Crippen LogP contribution is -2.15. The number of ether oxygens (including phenoxy) is 1. The van der Waals surface area contributed by atoms with Gasteiger partial charge in [0.05, 0.1) is 0 Å². The summed E-state index contributed by atoms with van der Waals surface area (Å²) in [6.45, 7) is 0. The lowest BCUT2D eigenvalue weighted by molar-refractivity contribution is -0.306. The molecule has 0 atom stereocenters. The summed E-state index contributed by atoms with van der Waals surface area (Å²) in [6, 6.07) is 1.37. The van der Waals surface area contributed by atoms with Crippen LogP contribution >= 0.6 is 23.2 Å². The highest BCUT2D eigenvalue weighted by molar-refractivity contribution is 6.33. The van der Waals surface area contributed by atoms with Crippen molar-refractivity contribution in [2.45, 2.75) is 19.2 Å². The van der Waals surface area contributed by atoms with E-state index in [9.17, 15) is 13.2 Å². The molecule has 1 aliphatic rings. The Morgan fingerprint density at radius 2 is 1.75 bits per heavy atom. The minimum atomic E-state index is -4.67. The minimum Gasteiger partial charge on any atom is -0.410 e. The second-order valence-electron chi connectivity index (χ2n) is 3.83. The second kappa shape index (κ2) is 5.88. The Hall–Kier alpha value is -1.47. The minimum absolute atomic E-state index is 0.118. The zero-order valence-electron chi connectivity index (χ0n) is 9.84. The van der Waals surface area contributed by atoms with Crippen molar-refractivity contribution in [2.75, 3.05) is 5.32 Å². The highest BCUT2D eigenvalue weighted by atomic mass is 35.5. The van der Waals surface area contributed by atoms with Gasteiger partial charge in [-0.2, -0.15) is 0 Å². The molecule has 0 amide bonds. The number of rotatable bonds is 3. The number of aromatic nitrogens is 2. The van der Waals surface area contributed by atoms with Crippen LogP contribution in [0.5, 0.6) is 0 Å². The number of alkyl halides is 3. The number of hydrogen-bond donors (Lipinski definition) is 1. The van der Waals surface area contributed by atoms with Gasteiger partial charge in [0.2, 0.25) is 5.95 Å². The van der Waals surface area contributed by atoms with Crippen LogP contribution in [0.4, 0.5) is 19.1 Å². The molecule has 1 aliphatic carbocycles. The average Bonchev–Trinajstić information content (AvgIpc) is 2.28. The van der Waals surface area contributed by atoms with E-state index in [1.54, 1.807) is 0 Å². The number of nitrogens with zero attached hydrogens (tertiary/aromatic N) is 2. The van der Waals surface area contributed by atoms with E-state index >= 15 is 0 Å². The quantitative estimate of drug-likeness (QED) is 0.842. The molecule has 0 bridgehead atoms. The molecule has 4 nitrogen and oxygen atoms in total. The Morgan fingerprint density at radius 1 is 1.10 bits per heavy atom. The van der Waals surface area contributed by atoms with Gasteiger partial charge in [-0.3, -0.25) is 0 Å². The van der Waals surface area contributed by atoms with Gasteiger partial charge < -0.3 is 10.1 Å². The molecular weight excluding hydrogens is 318 g/mol. The van der Waals surface area contributed by atoms with Gasteiger partial charge in [-0.05, 0) is 18.6 Å². The normalized spacial score (nSPS) is 15.4. The Labute approximate surface area is 122 Å². The lowest BCUT2D eigenvalue weighted by atomic mass is 10.1. The average molecular weight is 326 g/mol. The molecule has 108 valence electrons. The first-order chi connectivity index (χ1) is 9.32. The SMILES string of the molecule is FC(F)(F)OC1=CC=C(Nc2nc(Cl)cc(Cl)n2)CC1. The summed E-state index contributed by atoms with van der Waals surface area (Å²) >= 11 is 11.4. The van der Waals surface area contributed by atoms with E-state index in [1.165, 1.54) is 18.2 Å². The number of halogens is 5. The summed E-state index contributed by atoms with van der Waals surface area (Å²) in [6.07, 6.45) is -1.52. The molecule has 0 saturated carbocycles. The Bertz CT molecular complexity index is 552. The van der Waals surface area contributed by atoms with E-state index in [0.29, 0.717) is 12.1 Å². The molecule has 0 aromatic carbocycles. The first-order valence-electron chi connectivity index (χ1n) is 5.44. The van der Waals surface area contributed by atoms with Crippen LogP contribution in [0.1, 0.15) is 12.8 Å². The first kappa shape index (κ1) is 14.9. The maximum Gasteiger partial charge on any atom is 0.572 e. The molecule has 0 radical (unpaired) electrons. The van der Waals surface area contributed by atoms with Crippen LogP contribution < -0.4 is 5.32 Å². The Kier molecular flexibility index (Phi) is 4.39. The molecule has 0 saturated heterocycles. The van der Waals surface area contributed by atoms with E-state index in [0.717, 1.165) is 0 Å². The van der Waals surface area contributed by atoms with Crippen molar-refractivity contribution in [1.29, 1.82) is 0 Å². The number of anilines is 1. The van der Waals surface area contributed by atoms with Gasteiger partial charge in [0.25, 0.3) is 0 Å². The van der Waals surface area contributed by atoms with E-state index in [4.69, 9.17) is 23.2 Å².